The van der Waals surface area contributed by atoms with Crippen molar-refractivity contribution >= 4 is 39.1 Å². The second-order valence-electron chi connectivity index (χ2n) is 4.50. The smallest absolute Gasteiger partial charge is 0.197 e. The maximum atomic E-state index is 6.03. The summed E-state index contributed by atoms with van der Waals surface area (Å²) in [5.41, 5.74) is 5.76. The van der Waals surface area contributed by atoms with Gasteiger partial charge in [0.15, 0.2) is 5.96 Å². The average Bonchev–Trinajstić information content (AvgIpc) is 2.86. The number of rotatable bonds is 1. The van der Waals surface area contributed by atoms with Gasteiger partial charge in [-0.15, -0.1) is 11.3 Å². The van der Waals surface area contributed by atoms with Crippen LogP contribution in [-0.4, -0.2) is 29.8 Å². The fraction of sp³-hybridized carbons (Fsp3) is 0.455. The number of fused-ring (bicyclic) bond motifs is 1. The molecule has 0 aromatic carbocycles. The van der Waals surface area contributed by atoms with Gasteiger partial charge in [-0.05, 0) is 28.9 Å². The Bertz CT molecular complexity index is 521. The van der Waals surface area contributed by atoms with E-state index in [2.05, 4.69) is 44.3 Å². The highest BCUT2D eigenvalue weighted by Gasteiger charge is 2.38. The fourth-order valence-electron chi connectivity index (χ4n) is 2.29. The number of hydrogen-bond donors (Lipinski definition) is 1. The van der Waals surface area contributed by atoms with E-state index >= 15 is 0 Å². The van der Waals surface area contributed by atoms with Crippen LogP contribution in [0.4, 0.5) is 0 Å². The number of hydrogen-bond acceptors (Lipinski definition) is 5. The fourth-order valence-corrected chi connectivity index (χ4v) is 3.82. The zero-order valence-corrected chi connectivity index (χ0v) is 11.9. The molecule has 0 fully saturated rings. The molecule has 0 amide bonds. The van der Waals surface area contributed by atoms with E-state index in [1.807, 2.05) is 4.90 Å². The lowest BCUT2D eigenvalue weighted by Gasteiger charge is -2.34. The van der Waals surface area contributed by atoms with E-state index in [9.17, 15) is 0 Å². The first-order valence-corrected chi connectivity index (χ1v) is 7.16. The van der Waals surface area contributed by atoms with Crippen LogP contribution in [0.5, 0.6) is 0 Å². The van der Waals surface area contributed by atoms with E-state index in [1.54, 1.807) is 11.3 Å². The molecule has 2 aliphatic heterocycles. The summed E-state index contributed by atoms with van der Waals surface area (Å²) in [6, 6.07) is 2.12. The monoisotopic (exact) mass is 312 g/mol. The van der Waals surface area contributed by atoms with E-state index in [0.717, 1.165) is 29.8 Å². The maximum absolute atomic E-state index is 6.03. The minimum Gasteiger partial charge on any atom is -0.369 e. The first-order valence-electron chi connectivity index (χ1n) is 5.49. The lowest BCUT2D eigenvalue weighted by atomic mass is 9.94. The molecule has 17 heavy (non-hydrogen) atoms. The van der Waals surface area contributed by atoms with E-state index < -0.39 is 0 Å². The summed E-state index contributed by atoms with van der Waals surface area (Å²) in [7, 11) is 0. The standard InChI is InChI=1S/C11H13BrN4S/c1-11(8-4-7(12)6-17-8)5-9-14-2-3-16(9)10(13)15-11/h4,6H,2-3,5H2,1H3,(H2,13,15)/t11-/m0/s1. The molecule has 0 spiro atoms. The van der Waals surface area contributed by atoms with Crippen molar-refractivity contribution in [2.24, 2.45) is 15.7 Å². The third-order valence-electron chi connectivity index (χ3n) is 3.17. The molecule has 0 bridgehead atoms. The summed E-state index contributed by atoms with van der Waals surface area (Å²) < 4.78 is 1.10. The highest BCUT2D eigenvalue weighted by molar-refractivity contribution is 9.10. The summed E-state index contributed by atoms with van der Waals surface area (Å²) in [6.07, 6.45) is 0.834. The van der Waals surface area contributed by atoms with Crippen LogP contribution < -0.4 is 5.73 Å². The van der Waals surface area contributed by atoms with Crippen LogP contribution in [0.3, 0.4) is 0 Å². The largest absolute Gasteiger partial charge is 0.369 e. The van der Waals surface area contributed by atoms with Crippen molar-refractivity contribution in [3.8, 4) is 0 Å². The van der Waals surface area contributed by atoms with Crippen LogP contribution in [0.2, 0.25) is 0 Å². The quantitative estimate of drug-likeness (QED) is 0.864. The van der Waals surface area contributed by atoms with Crippen molar-refractivity contribution in [3.05, 3.63) is 20.8 Å². The van der Waals surface area contributed by atoms with Crippen molar-refractivity contribution in [2.45, 2.75) is 18.9 Å². The van der Waals surface area contributed by atoms with Gasteiger partial charge in [-0.2, -0.15) is 0 Å². The Morgan fingerprint density at radius 3 is 3.12 bits per heavy atom. The molecule has 0 saturated heterocycles. The lowest BCUT2D eigenvalue weighted by Crippen LogP contribution is -2.47. The topological polar surface area (TPSA) is 54.0 Å². The number of aliphatic imine (C=N–C) groups is 2. The second kappa shape index (κ2) is 3.81. The van der Waals surface area contributed by atoms with Gasteiger partial charge >= 0.3 is 0 Å². The highest BCUT2D eigenvalue weighted by atomic mass is 79.9. The lowest BCUT2D eigenvalue weighted by molar-refractivity contribution is 0.468. The van der Waals surface area contributed by atoms with Gasteiger partial charge in [-0.1, -0.05) is 0 Å². The first-order chi connectivity index (χ1) is 8.08. The predicted octanol–water partition coefficient (Wildman–Crippen LogP) is 2.16. The molecule has 1 aromatic rings. The van der Waals surface area contributed by atoms with E-state index in [1.165, 1.54) is 4.88 Å². The van der Waals surface area contributed by atoms with Crippen LogP contribution in [0.1, 0.15) is 18.2 Å². The van der Waals surface area contributed by atoms with Crippen LogP contribution in [-0.2, 0) is 5.54 Å². The zero-order valence-electron chi connectivity index (χ0n) is 9.48. The SMILES string of the molecule is C[C@@]1(c2cc(Br)cs2)CC2=NCCN2C(N)=N1. The number of halogens is 1. The molecule has 2 N–H and O–H groups in total. The number of guanidine groups is 1. The van der Waals surface area contributed by atoms with Gasteiger partial charge in [-0.25, -0.2) is 4.99 Å². The zero-order chi connectivity index (χ0) is 12.0. The Labute approximate surface area is 112 Å². The third kappa shape index (κ3) is 1.79. The van der Waals surface area contributed by atoms with Crippen LogP contribution >= 0.6 is 27.3 Å². The molecular formula is C11H13BrN4S. The summed E-state index contributed by atoms with van der Waals surface area (Å²) in [4.78, 5) is 12.4. The average molecular weight is 313 g/mol. The number of nitrogens with zero attached hydrogens (tertiary/aromatic N) is 3. The molecule has 6 heteroatoms. The van der Waals surface area contributed by atoms with Gasteiger partial charge in [-0.3, -0.25) is 9.89 Å². The van der Waals surface area contributed by atoms with Crippen LogP contribution in [0.15, 0.2) is 25.9 Å². The van der Waals surface area contributed by atoms with Crippen molar-refractivity contribution in [1.29, 1.82) is 0 Å². The van der Waals surface area contributed by atoms with Gasteiger partial charge in [0.25, 0.3) is 0 Å². The molecule has 3 heterocycles. The van der Waals surface area contributed by atoms with Crippen molar-refractivity contribution in [1.82, 2.24) is 4.90 Å². The Kier molecular flexibility index (Phi) is 2.52. The summed E-state index contributed by atoms with van der Waals surface area (Å²) in [5.74, 6) is 1.67. The molecule has 90 valence electrons. The maximum Gasteiger partial charge on any atom is 0.197 e. The summed E-state index contributed by atoms with van der Waals surface area (Å²) in [5, 5.41) is 2.08. The molecule has 0 saturated carbocycles. The molecular weight excluding hydrogens is 300 g/mol. The Morgan fingerprint density at radius 2 is 2.41 bits per heavy atom. The minimum atomic E-state index is -0.263. The van der Waals surface area contributed by atoms with Crippen LogP contribution in [0, 0.1) is 0 Å². The Hall–Kier alpha value is -0.880. The van der Waals surface area contributed by atoms with E-state index in [0.29, 0.717) is 5.96 Å². The van der Waals surface area contributed by atoms with Crippen molar-refractivity contribution in [3.63, 3.8) is 0 Å². The normalized spacial score (nSPS) is 27.8. The Morgan fingerprint density at radius 1 is 1.59 bits per heavy atom. The van der Waals surface area contributed by atoms with Gasteiger partial charge in [0.05, 0.1) is 6.54 Å². The highest BCUT2D eigenvalue weighted by Crippen LogP contribution is 2.38. The molecule has 0 unspecified atom stereocenters. The Balaban J connectivity index is 2.03. The van der Waals surface area contributed by atoms with Gasteiger partial charge in [0.1, 0.15) is 11.4 Å². The molecule has 4 nitrogen and oxygen atoms in total. The van der Waals surface area contributed by atoms with E-state index in [-0.39, 0.29) is 5.54 Å². The van der Waals surface area contributed by atoms with Crippen molar-refractivity contribution in [2.75, 3.05) is 13.1 Å². The summed E-state index contributed by atoms with van der Waals surface area (Å²) in [6.45, 7) is 3.82. The van der Waals surface area contributed by atoms with Gasteiger partial charge < -0.3 is 5.73 Å². The van der Waals surface area contributed by atoms with Crippen LogP contribution in [0.25, 0.3) is 0 Å². The van der Waals surface area contributed by atoms with E-state index in [4.69, 9.17) is 5.73 Å². The molecule has 1 atom stereocenters. The molecule has 1 aromatic heterocycles. The minimum absolute atomic E-state index is 0.263. The molecule has 2 aliphatic rings. The number of thiophene rings is 1. The molecule has 0 radical (unpaired) electrons. The third-order valence-corrected chi connectivity index (χ3v) is 5.11. The molecule has 3 rings (SSSR count). The van der Waals surface area contributed by atoms with Crippen molar-refractivity contribution < 1.29 is 0 Å². The molecule has 0 aliphatic carbocycles. The second-order valence-corrected chi connectivity index (χ2v) is 6.33. The van der Waals surface area contributed by atoms with Gasteiger partial charge in [0, 0.05) is 27.7 Å². The van der Waals surface area contributed by atoms with Gasteiger partial charge in [0.2, 0.25) is 0 Å². The predicted molar refractivity (Wildman–Crippen MR) is 74.6 cm³/mol. The summed E-state index contributed by atoms with van der Waals surface area (Å²) >= 11 is 5.19. The number of nitrogens with two attached hydrogens (primary N) is 1. The first kappa shape index (κ1) is 11.2. The number of amidine groups is 1.